The first-order valence-electron chi connectivity index (χ1n) is 6.86. The second-order valence-electron chi connectivity index (χ2n) is 5.09. The van der Waals surface area contributed by atoms with E-state index in [-0.39, 0.29) is 25.1 Å². The Morgan fingerprint density at radius 3 is 2.41 bits per heavy atom. The number of benzene rings is 2. The predicted octanol–water partition coefficient (Wildman–Crippen LogP) is 3.61. The first kappa shape index (κ1) is 14.7. The molecule has 110 valence electrons. The number of hydrogen-bond donors (Lipinski definition) is 0. The Morgan fingerprint density at radius 2 is 1.77 bits per heavy atom. The molecule has 0 N–H and O–H groups in total. The molecule has 3 aromatic rings. The summed E-state index contributed by atoms with van der Waals surface area (Å²) in [5.74, 6) is 0. The van der Waals surface area contributed by atoms with Gasteiger partial charge in [0.05, 0.1) is 0 Å². The Bertz CT molecular complexity index is 792. The number of non-ortho nitro benzene ring substituents is 1. The van der Waals surface area contributed by atoms with E-state index in [1.807, 2.05) is 0 Å². The molecule has 1 aromatic heterocycles. The maximum atomic E-state index is 10.7. The van der Waals surface area contributed by atoms with Crippen LogP contribution in [0.2, 0.25) is 0 Å². The number of aryl methyl sites for hydroxylation is 1. The summed E-state index contributed by atoms with van der Waals surface area (Å²) in [4.78, 5) is 17.2. The molecule has 1 heterocycles. The molecule has 0 aliphatic rings. The number of nitro groups is 1. The van der Waals surface area contributed by atoms with Crippen molar-refractivity contribution in [1.29, 1.82) is 0 Å². The van der Waals surface area contributed by atoms with E-state index >= 15 is 0 Å². The van der Waals surface area contributed by atoms with Crippen LogP contribution >= 0.6 is 0 Å². The first-order valence-corrected chi connectivity index (χ1v) is 8.71. The van der Waals surface area contributed by atoms with Gasteiger partial charge in [-0.3, -0.25) is 0 Å². The normalized spacial score (nSPS) is 10.6. The van der Waals surface area contributed by atoms with Gasteiger partial charge in [0.25, 0.3) is 0 Å². The van der Waals surface area contributed by atoms with Gasteiger partial charge in [-0.1, -0.05) is 0 Å². The van der Waals surface area contributed by atoms with Crippen molar-refractivity contribution >= 4 is 20.2 Å². The topological polar surface area (TPSA) is 56.0 Å². The molecule has 0 saturated heterocycles. The van der Waals surface area contributed by atoms with Gasteiger partial charge in [0, 0.05) is 0 Å². The van der Waals surface area contributed by atoms with Crippen LogP contribution in [0.1, 0.15) is 15.7 Å². The zero-order valence-corrected chi connectivity index (χ0v) is 13.7. The van der Waals surface area contributed by atoms with E-state index < -0.39 is 0 Å². The van der Waals surface area contributed by atoms with Gasteiger partial charge in [-0.2, -0.15) is 0 Å². The third kappa shape index (κ3) is 3.32. The fourth-order valence-corrected chi connectivity index (χ4v) is 3.92. The van der Waals surface area contributed by atoms with Crippen LogP contribution in [0.25, 0.3) is 11.3 Å². The van der Waals surface area contributed by atoms with Crippen molar-refractivity contribution in [1.82, 2.24) is 4.98 Å². The molecule has 22 heavy (non-hydrogen) atoms. The van der Waals surface area contributed by atoms with Gasteiger partial charge in [0.15, 0.2) is 0 Å². The molecule has 3 rings (SSSR count). The van der Waals surface area contributed by atoms with Gasteiger partial charge in [0.1, 0.15) is 0 Å². The standard InChI is InChI=1S/C17H14N2O2Se/c1-12-2-6-14(7-3-12)16-11-22-17(18-16)10-13-4-8-15(9-5-13)19(20)21/h2-9,11H,10H2,1H3. The van der Waals surface area contributed by atoms with Crippen LogP contribution in [-0.2, 0) is 6.42 Å². The van der Waals surface area contributed by atoms with E-state index in [0.717, 1.165) is 27.8 Å². The number of nitrogens with zero attached hydrogens (tertiary/aromatic N) is 2. The van der Waals surface area contributed by atoms with E-state index in [0.29, 0.717) is 0 Å². The Labute approximate surface area is 134 Å². The van der Waals surface area contributed by atoms with Crippen molar-refractivity contribution < 1.29 is 4.92 Å². The van der Waals surface area contributed by atoms with Crippen LogP contribution in [0.15, 0.2) is 53.5 Å². The Hall–Kier alpha value is -2.23. The molecule has 0 amide bonds. The zero-order chi connectivity index (χ0) is 15.5. The van der Waals surface area contributed by atoms with Gasteiger partial charge >= 0.3 is 134 Å². The second kappa shape index (κ2) is 6.26. The summed E-state index contributed by atoms with van der Waals surface area (Å²) in [6.45, 7) is 2.07. The fraction of sp³-hybridized carbons (Fsp3) is 0.118. The number of nitro benzene ring substituents is 1. The molecule has 2 aromatic carbocycles. The number of rotatable bonds is 4. The summed E-state index contributed by atoms with van der Waals surface area (Å²) < 4.78 is 1.15. The second-order valence-corrected chi connectivity index (χ2v) is 7.07. The SMILES string of the molecule is Cc1ccc(-c2c[se]c(Cc3ccc([N+](=O)[O-])cc3)n2)cc1. The molecule has 0 unspecified atom stereocenters. The van der Waals surface area contributed by atoms with Gasteiger partial charge in [-0.05, 0) is 0 Å². The van der Waals surface area contributed by atoms with E-state index in [1.54, 1.807) is 24.3 Å². The molecule has 0 spiro atoms. The first-order chi connectivity index (χ1) is 10.6. The molecule has 0 radical (unpaired) electrons. The molecule has 0 fully saturated rings. The molecular weight excluding hydrogens is 343 g/mol. The van der Waals surface area contributed by atoms with Crippen LogP contribution in [0, 0.1) is 17.0 Å². The molecule has 0 bridgehead atoms. The van der Waals surface area contributed by atoms with Crippen molar-refractivity contribution in [3.63, 3.8) is 0 Å². The predicted molar refractivity (Wildman–Crippen MR) is 87.3 cm³/mol. The summed E-state index contributed by atoms with van der Waals surface area (Å²) in [6.07, 6.45) is 0.754. The van der Waals surface area contributed by atoms with Crippen molar-refractivity contribution in [3.05, 3.63) is 79.3 Å². The van der Waals surface area contributed by atoms with Gasteiger partial charge in [0.2, 0.25) is 0 Å². The minimum absolute atomic E-state index is 0.126. The van der Waals surface area contributed by atoms with E-state index in [9.17, 15) is 10.1 Å². The summed E-state index contributed by atoms with van der Waals surface area (Å²) in [6, 6.07) is 15.1. The zero-order valence-electron chi connectivity index (χ0n) is 12.0. The van der Waals surface area contributed by atoms with Gasteiger partial charge < -0.3 is 0 Å². The average molecular weight is 357 g/mol. The summed E-state index contributed by atoms with van der Waals surface area (Å²) >= 11 is 0.252. The van der Waals surface area contributed by atoms with Crippen LogP contribution in [0.5, 0.6) is 0 Å². The van der Waals surface area contributed by atoms with Gasteiger partial charge in [-0.25, -0.2) is 0 Å². The Balaban J connectivity index is 1.76. The van der Waals surface area contributed by atoms with E-state index in [4.69, 9.17) is 4.98 Å². The fourth-order valence-electron chi connectivity index (χ4n) is 2.16. The molecule has 4 nitrogen and oxygen atoms in total. The number of hydrogen-bond acceptors (Lipinski definition) is 3. The average Bonchev–Trinajstić information content (AvgIpc) is 2.97. The number of aromatic nitrogens is 1. The Morgan fingerprint density at radius 1 is 1.09 bits per heavy atom. The third-order valence-corrected chi connectivity index (χ3v) is 5.18. The van der Waals surface area contributed by atoms with E-state index in [2.05, 4.69) is 36.1 Å². The Kier molecular flexibility index (Phi) is 4.18. The molecule has 0 saturated carbocycles. The van der Waals surface area contributed by atoms with E-state index in [1.165, 1.54) is 5.56 Å². The molecule has 5 heteroatoms. The molecular formula is C17H14N2O2Se. The van der Waals surface area contributed by atoms with Crippen LogP contribution < -0.4 is 0 Å². The van der Waals surface area contributed by atoms with Crippen molar-refractivity contribution in [2.24, 2.45) is 0 Å². The van der Waals surface area contributed by atoms with Crippen molar-refractivity contribution in [3.8, 4) is 11.3 Å². The van der Waals surface area contributed by atoms with Crippen molar-refractivity contribution in [2.45, 2.75) is 13.3 Å². The van der Waals surface area contributed by atoms with Gasteiger partial charge in [-0.15, -0.1) is 0 Å². The van der Waals surface area contributed by atoms with Crippen LogP contribution in [0.4, 0.5) is 5.69 Å². The summed E-state index contributed by atoms with van der Waals surface area (Å²) in [7, 11) is 0. The minimum atomic E-state index is -0.377. The quantitative estimate of drug-likeness (QED) is 0.407. The molecule has 0 aliphatic carbocycles. The van der Waals surface area contributed by atoms with Crippen LogP contribution in [-0.4, -0.2) is 24.4 Å². The monoisotopic (exact) mass is 358 g/mol. The summed E-state index contributed by atoms with van der Waals surface area (Å²) in [5, 5.41) is 10.7. The van der Waals surface area contributed by atoms with Crippen molar-refractivity contribution in [2.75, 3.05) is 0 Å². The molecule has 0 atom stereocenters. The van der Waals surface area contributed by atoms with Crippen LogP contribution in [0.3, 0.4) is 0 Å². The maximum absolute atomic E-state index is 10.7. The third-order valence-electron chi connectivity index (χ3n) is 3.40. The summed E-state index contributed by atoms with van der Waals surface area (Å²) in [5.41, 5.74) is 4.61. The molecule has 0 aliphatic heterocycles.